The molecule has 0 unspecified atom stereocenters. The van der Waals surface area contributed by atoms with Crippen molar-refractivity contribution in [2.75, 3.05) is 27.9 Å². The minimum atomic E-state index is 0.187. The highest BCUT2D eigenvalue weighted by atomic mass is 16.5. The van der Waals surface area contributed by atoms with E-state index in [1.807, 2.05) is 6.07 Å². The molecule has 0 amide bonds. The Hall–Kier alpha value is -2.40. The molecule has 4 rings (SSSR count). The first-order chi connectivity index (χ1) is 11.7. The predicted octanol–water partition coefficient (Wildman–Crippen LogP) is 2.83. The molecule has 0 saturated heterocycles. The predicted molar refractivity (Wildman–Crippen MR) is 91.4 cm³/mol. The number of rotatable bonds is 3. The molecule has 24 heavy (non-hydrogen) atoms. The Balaban J connectivity index is 2.16. The van der Waals surface area contributed by atoms with Crippen LogP contribution < -0.4 is 19.5 Å². The van der Waals surface area contributed by atoms with E-state index in [9.17, 15) is 5.11 Å². The molecule has 1 aliphatic carbocycles. The largest absolute Gasteiger partial charge is 0.507 e. The van der Waals surface area contributed by atoms with Crippen molar-refractivity contribution in [2.24, 2.45) is 0 Å². The molecule has 1 atom stereocenters. The monoisotopic (exact) mass is 327 g/mol. The third kappa shape index (κ3) is 1.91. The zero-order valence-corrected chi connectivity index (χ0v) is 14.1. The molecule has 1 heterocycles. The molecule has 2 aromatic carbocycles. The third-order valence-electron chi connectivity index (χ3n) is 5.04. The second-order valence-corrected chi connectivity index (χ2v) is 6.14. The summed E-state index contributed by atoms with van der Waals surface area (Å²) in [7, 11) is 4.90. The van der Waals surface area contributed by atoms with Gasteiger partial charge in [0.25, 0.3) is 0 Å². The van der Waals surface area contributed by atoms with E-state index in [-0.39, 0.29) is 11.8 Å². The molecule has 0 fully saturated rings. The lowest BCUT2D eigenvalue weighted by molar-refractivity contribution is 0.318. The molecule has 2 aromatic rings. The molecule has 0 aromatic heterocycles. The van der Waals surface area contributed by atoms with E-state index in [1.54, 1.807) is 27.4 Å². The van der Waals surface area contributed by atoms with Gasteiger partial charge in [0, 0.05) is 22.7 Å². The third-order valence-corrected chi connectivity index (χ3v) is 5.04. The maximum Gasteiger partial charge on any atom is 0.204 e. The number of hydrogen-bond donors (Lipinski definition) is 2. The first-order valence-corrected chi connectivity index (χ1v) is 8.10. The van der Waals surface area contributed by atoms with E-state index in [2.05, 4.69) is 11.4 Å². The highest BCUT2D eigenvalue weighted by Gasteiger charge is 2.37. The van der Waals surface area contributed by atoms with Crippen LogP contribution in [0.25, 0.3) is 11.1 Å². The number of fused-ring (bicyclic) bond motifs is 2. The number of aromatic hydroxyl groups is 1. The van der Waals surface area contributed by atoms with Gasteiger partial charge in [-0.15, -0.1) is 0 Å². The van der Waals surface area contributed by atoms with E-state index in [4.69, 9.17) is 14.2 Å². The highest BCUT2D eigenvalue weighted by Crippen LogP contribution is 2.56. The molecule has 5 heteroatoms. The summed E-state index contributed by atoms with van der Waals surface area (Å²) in [6.07, 6.45) is 1.69. The number of hydrogen-bond acceptors (Lipinski definition) is 5. The number of phenols is 1. The molecule has 0 spiro atoms. The molecule has 0 bridgehead atoms. The Labute approximate surface area is 141 Å². The van der Waals surface area contributed by atoms with Gasteiger partial charge in [0.1, 0.15) is 5.75 Å². The van der Waals surface area contributed by atoms with E-state index >= 15 is 0 Å². The Bertz CT molecular complexity index is 816. The Morgan fingerprint density at radius 3 is 2.46 bits per heavy atom. The normalized spacial score (nSPS) is 17.7. The SMILES string of the molecule is COc1c2c3c(c(OC)c1OC)-c1c(O)cccc1C[C@H]3NCC2. The van der Waals surface area contributed by atoms with Gasteiger partial charge >= 0.3 is 0 Å². The Kier molecular flexibility index (Phi) is 3.53. The van der Waals surface area contributed by atoms with Crippen molar-refractivity contribution in [1.82, 2.24) is 5.32 Å². The lowest BCUT2D eigenvalue weighted by atomic mass is 9.76. The van der Waals surface area contributed by atoms with Gasteiger partial charge in [-0.25, -0.2) is 0 Å². The summed E-state index contributed by atoms with van der Waals surface area (Å²) in [5.74, 6) is 2.21. The summed E-state index contributed by atoms with van der Waals surface area (Å²) < 4.78 is 17.0. The van der Waals surface area contributed by atoms with Crippen LogP contribution >= 0.6 is 0 Å². The molecule has 5 nitrogen and oxygen atoms in total. The summed E-state index contributed by atoms with van der Waals surface area (Å²) >= 11 is 0. The van der Waals surface area contributed by atoms with Gasteiger partial charge < -0.3 is 24.6 Å². The Morgan fingerprint density at radius 2 is 1.75 bits per heavy atom. The number of phenolic OH excluding ortho intramolecular Hbond substituents is 1. The zero-order valence-electron chi connectivity index (χ0n) is 14.1. The fraction of sp³-hybridized carbons (Fsp3) is 0.368. The fourth-order valence-electron chi connectivity index (χ4n) is 4.14. The van der Waals surface area contributed by atoms with Crippen molar-refractivity contribution in [2.45, 2.75) is 18.9 Å². The van der Waals surface area contributed by atoms with Gasteiger partial charge in [0.2, 0.25) is 5.75 Å². The Morgan fingerprint density at radius 1 is 1.00 bits per heavy atom. The van der Waals surface area contributed by atoms with Crippen LogP contribution in [0.15, 0.2) is 18.2 Å². The molecule has 2 aliphatic rings. The molecule has 1 aliphatic heterocycles. The van der Waals surface area contributed by atoms with Gasteiger partial charge in [0.05, 0.1) is 21.3 Å². The van der Waals surface area contributed by atoms with Gasteiger partial charge in [-0.05, 0) is 36.6 Å². The number of methoxy groups -OCH3 is 3. The summed E-state index contributed by atoms with van der Waals surface area (Å²) in [5.41, 5.74) is 5.17. The van der Waals surface area contributed by atoms with Crippen LogP contribution in [0.3, 0.4) is 0 Å². The molecular weight excluding hydrogens is 306 g/mol. The van der Waals surface area contributed by atoms with Gasteiger partial charge in [-0.2, -0.15) is 0 Å². The van der Waals surface area contributed by atoms with Crippen molar-refractivity contribution in [3.05, 3.63) is 34.9 Å². The summed E-state index contributed by atoms with van der Waals surface area (Å²) in [6, 6.07) is 5.85. The fourth-order valence-corrected chi connectivity index (χ4v) is 4.14. The first-order valence-electron chi connectivity index (χ1n) is 8.10. The maximum atomic E-state index is 10.5. The van der Waals surface area contributed by atoms with E-state index in [0.717, 1.165) is 53.0 Å². The molecule has 0 saturated carbocycles. The zero-order chi connectivity index (χ0) is 16.8. The van der Waals surface area contributed by atoms with Crippen molar-refractivity contribution in [3.8, 4) is 34.1 Å². The van der Waals surface area contributed by atoms with Gasteiger partial charge in [-0.1, -0.05) is 12.1 Å². The second kappa shape index (κ2) is 5.60. The number of ether oxygens (including phenoxy) is 3. The van der Waals surface area contributed by atoms with Gasteiger partial charge in [-0.3, -0.25) is 0 Å². The number of benzene rings is 2. The van der Waals surface area contributed by atoms with Crippen molar-refractivity contribution >= 4 is 0 Å². The average molecular weight is 327 g/mol. The summed E-state index contributed by atoms with van der Waals surface area (Å²) in [4.78, 5) is 0. The second-order valence-electron chi connectivity index (χ2n) is 6.14. The maximum absolute atomic E-state index is 10.5. The van der Waals surface area contributed by atoms with Crippen LogP contribution in [0.1, 0.15) is 22.7 Å². The van der Waals surface area contributed by atoms with Crippen LogP contribution in [0.2, 0.25) is 0 Å². The summed E-state index contributed by atoms with van der Waals surface area (Å²) in [5, 5.41) is 14.1. The molecule has 2 N–H and O–H groups in total. The van der Waals surface area contributed by atoms with Crippen LogP contribution in [-0.2, 0) is 12.8 Å². The van der Waals surface area contributed by atoms with Crippen molar-refractivity contribution in [1.29, 1.82) is 0 Å². The minimum Gasteiger partial charge on any atom is -0.507 e. The van der Waals surface area contributed by atoms with E-state index in [0.29, 0.717) is 11.5 Å². The van der Waals surface area contributed by atoms with Crippen molar-refractivity contribution in [3.63, 3.8) is 0 Å². The standard InChI is InChI=1S/C19H21NO4/c1-22-17-11-7-8-20-12-9-10-5-4-6-13(21)14(10)16(15(11)12)18(23-2)19(17)24-3/h4-6,12,20-21H,7-9H2,1-3H3/t12-/m1/s1. The molecule has 0 radical (unpaired) electrons. The molecular formula is C19H21NO4. The minimum absolute atomic E-state index is 0.187. The average Bonchev–Trinajstić information content (AvgIpc) is 2.61. The van der Waals surface area contributed by atoms with E-state index < -0.39 is 0 Å². The van der Waals surface area contributed by atoms with Crippen LogP contribution in [0.4, 0.5) is 0 Å². The van der Waals surface area contributed by atoms with Crippen LogP contribution in [0, 0.1) is 0 Å². The lowest BCUT2D eigenvalue weighted by Crippen LogP contribution is -2.34. The molecule has 126 valence electrons. The van der Waals surface area contributed by atoms with E-state index in [1.165, 1.54) is 0 Å². The quantitative estimate of drug-likeness (QED) is 0.908. The van der Waals surface area contributed by atoms with Crippen LogP contribution in [-0.4, -0.2) is 33.0 Å². The smallest absolute Gasteiger partial charge is 0.204 e. The lowest BCUT2D eigenvalue weighted by Gasteiger charge is -2.36. The van der Waals surface area contributed by atoms with Crippen molar-refractivity contribution < 1.29 is 19.3 Å². The topological polar surface area (TPSA) is 60.0 Å². The first kappa shape index (κ1) is 15.1. The van der Waals surface area contributed by atoms with Gasteiger partial charge in [0.15, 0.2) is 11.5 Å². The highest BCUT2D eigenvalue weighted by molar-refractivity contribution is 5.88. The van der Waals surface area contributed by atoms with Crippen LogP contribution in [0.5, 0.6) is 23.0 Å². The summed E-state index contributed by atoms with van der Waals surface area (Å²) in [6.45, 7) is 0.886. The number of nitrogens with one attached hydrogen (secondary N) is 1.